The number of esters is 5. The van der Waals surface area contributed by atoms with E-state index < -0.39 is 130 Å². The van der Waals surface area contributed by atoms with Gasteiger partial charge in [0.15, 0.2) is 23.9 Å². The molecular weight excluding hydrogens is 744 g/mol. The minimum Gasteiger partial charge on any atom is -0.487 e. The van der Waals surface area contributed by atoms with Gasteiger partial charge >= 0.3 is 36.0 Å². The Morgan fingerprint density at radius 1 is 0.929 bits per heavy atom. The minimum absolute atomic E-state index is 0.120. The van der Waals surface area contributed by atoms with Crippen LogP contribution in [0.4, 0.5) is 4.79 Å². The third-order valence-electron chi connectivity index (χ3n) is 13.9. The van der Waals surface area contributed by atoms with Crippen LogP contribution in [-0.2, 0) is 61.9 Å². The van der Waals surface area contributed by atoms with Gasteiger partial charge in [-0.25, -0.2) is 9.59 Å². The average Bonchev–Trinajstić information content (AvgIpc) is 3.83. The topological polar surface area (TPSA) is 250 Å². The normalized spacial score (nSPS) is 44.6. The Kier molecular flexibility index (Phi) is 8.59. The van der Waals surface area contributed by atoms with E-state index in [0.29, 0.717) is 0 Å². The van der Waals surface area contributed by atoms with Gasteiger partial charge in [-0.3, -0.25) is 19.2 Å². The summed E-state index contributed by atoms with van der Waals surface area (Å²) >= 11 is 0. The van der Waals surface area contributed by atoms with Crippen molar-refractivity contribution in [3.05, 3.63) is 36.0 Å². The number of furan rings is 1. The van der Waals surface area contributed by atoms with Gasteiger partial charge < -0.3 is 57.6 Å². The van der Waals surface area contributed by atoms with Crippen molar-refractivity contribution in [2.24, 2.45) is 28.1 Å². The highest BCUT2D eigenvalue weighted by molar-refractivity contribution is 5.80. The third kappa shape index (κ3) is 4.26. The second-order valence-corrected chi connectivity index (χ2v) is 16.4. The summed E-state index contributed by atoms with van der Waals surface area (Å²) in [4.78, 5) is 80.7. The van der Waals surface area contributed by atoms with Crippen LogP contribution in [0.15, 0.2) is 34.8 Å². The maximum absolute atomic E-state index is 14.3. The van der Waals surface area contributed by atoms with Crippen molar-refractivity contribution in [1.29, 1.82) is 0 Å². The van der Waals surface area contributed by atoms with E-state index in [1.165, 1.54) is 45.4 Å². The molecule has 306 valence electrons. The molecule has 18 nitrogen and oxygen atoms in total. The van der Waals surface area contributed by atoms with Gasteiger partial charge in [0.05, 0.1) is 42.3 Å². The van der Waals surface area contributed by atoms with Gasteiger partial charge in [-0.1, -0.05) is 27.7 Å². The zero-order valence-corrected chi connectivity index (χ0v) is 32.3. The Morgan fingerprint density at radius 3 is 2.09 bits per heavy atom. The Bertz CT molecular complexity index is 1920. The van der Waals surface area contributed by atoms with Crippen LogP contribution in [-0.4, -0.2) is 111 Å². The Labute approximate surface area is 320 Å². The second-order valence-electron chi connectivity index (χ2n) is 16.4. The molecule has 0 amide bonds. The van der Waals surface area contributed by atoms with E-state index in [-0.39, 0.29) is 17.7 Å². The minimum atomic E-state index is -2.81. The third-order valence-corrected chi connectivity index (χ3v) is 13.9. The Balaban J connectivity index is 1.70. The van der Waals surface area contributed by atoms with Crippen LogP contribution in [0.2, 0.25) is 0 Å². The molecule has 15 atom stereocenters. The summed E-state index contributed by atoms with van der Waals surface area (Å²) < 4.78 is 53.8. The van der Waals surface area contributed by atoms with Crippen molar-refractivity contribution in [3.8, 4) is 0 Å². The first-order valence-corrected chi connectivity index (χ1v) is 18.2. The molecule has 7 rings (SSSR count). The first-order valence-electron chi connectivity index (χ1n) is 18.2. The highest BCUT2D eigenvalue weighted by Crippen LogP contribution is 2.86. The summed E-state index contributed by atoms with van der Waals surface area (Å²) in [6.45, 7) is 10.2. The summed E-state index contributed by atoms with van der Waals surface area (Å²) in [5.41, 5.74) is -16.5. The van der Waals surface area contributed by atoms with Crippen molar-refractivity contribution in [3.63, 3.8) is 0 Å². The molecular formula is C38H46O18. The fourth-order valence-corrected chi connectivity index (χ4v) is 12.4. The monoisotopic (exact) mass is 790 g/mol. The number of allylic oxidation sites excluding steroid dienone is 1. The predicted molar refractivity (Wildman–Crippen MR) is 180 cm³/mol. The first-order chi connectivity index (χ1) is 26.0. The number of carbonyl (C=O) groups is 6. The van der Waals surface area contributed by atoms with Crippen molar-refractivity contribution in [2.75, 3.05) is 7.11 Å². The molecule has 0 aromatic carbocycles. The molecule has 1 aromatic heterocycles. The number of aliphatic hydroxyl groups excluding tert-OH is 1. The fraction of sp³-hybridized carbons (Fsp3) is 0.684. The summed E-state index contributed by atoms with van der Waals surface area (Å²) in [6, 6.07) is 1.48. The van der Waals surface area contributed by atoms with E-state index in [9.17, 15) is 44.1 Å². The summed E-state index contributed by atoms with van der Waals surface area (Å²) in [5, 5.41) is 39.4. The molecule has 3 N–H and O–H groups in total. The number of aliphatic hydroxyl groups is 3. The van der Waals surface area contributed by atoms with Crippen molar-refractivity contribution >= 4 is 36.0 Å². The van der Waals surface area contributed by atoms with Crippen LogP contribution in [0.1, 0.15) is 79.9 Å². The highest BCUT2D eigenvalue weighted by atomic mass is 16.8. The van der Waals surface area contributed by atoms with Gasteiger partial charge in [0.25, 0.3) is 0 Å². The van der Waals surface area contributed by atoms with Gasteiger partial charge in [-0.05, 0) is 18.6 Å². The van der Waals surface area contributed by atoms with E-state index >= 15 is 0 Å². The maximum Gasteiger partial charge on any atom is 0.510 e. The van der Waals surface area contributed by atoms with Gasteiger partial charge in [-0.2, -0.15) is 0 Å². The average molecular weight is 791 g/mol. The van der Waals surface area contributed by atoms with E-state index in [2.05, 4.69) is 0 Å². The molecule has 4 saturated carbocycles. The summed E-state index contributed by atoms with van der Waals surface area (Å²) in [5.74, 6) is -7.82. The molecule has 1 spiro atoms. The number of hydrogen-bond acceptors (Lipinski definition) is 18. The quantitative estimate of drug-likeness (QED) is 0.238. The number of hydrogen-bond donors (Lipinski definition) is 3. The lowest BCUT2D eigenvalue weighted by Gasteiger charge is -2.76. The van der Waals surface area contributed by atoms with Crippen molar-refractivity contribution < 1.29 is 86.4 Å². The molecule has 2 aliphatic heterocycles. The molecule has 18 heteroatoms. The van der Waals surface area contributed by atoms with Crippen LogP contribution >= 0.6 is 0 Å². The van der Waals surface area contributed by atoms with Gasteiger partial charge in [-0.15, -0.1) is 0 Å². The molecule has 1 unspecified atom stereocenters. The zero-order chi connectivity index (χ0) is 41.3. The van der Waals surface area contributed by atoms with E-state index in [0.717, 1.165) is 34.8 Å². The number of carbonyl (C=O) groups excluding carboxylic acids is 6. The molecule has 6 aliphatic rings. The van der Waals surface area contributed by atoms with Gasteiger partial charge in [0.2, 0.25) is 17.3 Å². The fourth-order valence-electron chi connectivity index (χ4n) is 12.4. The smallest absolute Gasteiger partial charge is 0.487 e. The van der Waals surface area contributed by atoms with Crippen molar-refractivity contribution in [1.82, 2.24) is 0 Å². The van der Waals surface area contributed by atoms with E-state index in [1.807, 2.05) is 0 Å². The first kappa shape index (κ1) is 39.6. The Morgan fingerprint density at radius 2 is 1.55 bits per heavy atom. The molecule has 5 fully saturated rings. The van der Waals surface area contributed by atoms with Crippen LogP contribution in [0.3, 0.4) is 0 Å². The number of ether oxygens (including phenoxy) is 8. The molecule has 4 aliphatic carbocycles. The van der Waals surface area contributed by atoms with E-state index in [4.69, 9.17) is 42.3 Å². The molecule has 2 bridgehead atoms. The SMILES string of the molecule is CCC1=C[C@@H]2[C@](C)([C@@H](OC(C)=O)c3ccoc3)[C@@H](OC(C)=O)[C@@H](OC(C)=O)[C@@]34OC(=O)O[C@@]23[C@H](O1)[C@]1(O)[C@@H](O)[C@]2(C)C[C@@]1(O)[C@@]4(C)[C@H]2C(OC(C)=O)C(=O)OC. The van der Waals surface area contributed by atoms with Crippen LogP contribution in [0.5, 0.6) is 0 Å². The molecule has 3 heterocycles. The lowest BCUT2D eigenvalue weighted by Crippen LogP contribution is -2.97. The van der Waals surface area contributed by atoms with Crippen LogP contribution < -0.4 is 0 Å². The molecule has 1 aromatic rings. The number of methoxy groups -OCH3 is 1. The van der Waals surface area contributed by atoms with Crippen LogP contribution in [0, 0.1) is 28.1 Å². The number of fused-ring (bicyclic) bond motifs is 2. The summed E-state index contributed by atoms with van der Waals surface area (Å²) in [7, 11) is 1.02. The van der Waals surface area contributed by atoms with Crippen LogP contribution in [0.25, 0.3) is 0 Å². The molecule has 0 radical (unpaired) electrons. The molecule has 56 heavy (non-hydrogen) atoms. The zero-order valence-electron chi connectivity index (χ0n) is 32.3. The standard InChI is InChI=1S/C38H46O18/c1-10-21-13-22-33(7,25(51-17(3)40)20-11-12-49-14-20)26(52-18(4)41)27(53-19(5)42)38-34(8)24(23(28(43)48-9)50-16(2)39)32(6)15-35(34,46)36(47,29(32)44)30(54-21)37(22,38)55-31(45)56-38/h11-14,22-27,29-30,44,46-47H,10,15H2,1-9H3/t22-,23?,24+,25+,26+,27-,29+,30-,32-,33-,34-,35-,36-,37-,38+/m1/s1. The highest BCUT2D eigenvalue weighted by Gasteiger charge is 3.04. The lowest BCUT2D eigenvalue weighted by molar-refractivity contribution is -0.438. The lowest BCUT2D eigenvalue weighted by atomic mass is 9.32. The van der Waals surface area contributed by atoms with Gasteiger partial charge in [0, 0.05) is 56.9 Å². The summed E-state index contributed by atoms with van der Waals surface area (Å²) in [6.07, 6.45) is -9.02. The maximum atomic E-state index is 14.3. The van der Waals surface area contributed by atoms with Gasteiger partial charge in [0.1, 0.15) is 11.7 Å². The number of rotatable bonds is 9. The largest absolute Gasteiger partial charge is 0.510 e. The van der Waals surface area contributed by atoms with Crippen molar-refractivity contribution in [2.45, 2.75) is 127 Å². The predicted octanol–water partition coefficient (Wildman–Crippen LogP) is 1.71. The van der Waals surface area contributed by atoms with E-state index in [1.54, 1.807) is 6.92 Å². The molecule has 1 saturated heterocycles. The second kappa shape index (κ2) is 12.2. The Hall–Kier alpha value is -4.68.